The van der Waals surface area contributed by atoms with Gasteiger partial charge in [-0.3, -0.25) is 0 Å². The summed E-state index contributed by atoms with van der Waals surface area (Å²) in [6, 6.07) is 84.8. The lowest BCUT2D eigenvalue weighted by Crippen LogP contribution is -2.32. The molecule has 0 amide bonds. The first kappa shape index (κ1) is 36.7. The molecule has 11 aromatic rings. The zero-order valence-corrected chi connectivity index (χ0v) is 35.5. The molecular weight excluding hydrogens is 791 g/mol. The molecule has 1 aliphatic heterocycles. The molecule has 11 aromatic carbocycles. The molecule has 13 rings (SSSR count). The Balaban J connectivity index is 1.07. The predicted octanol–water partition coefficient (Wildman–Crippen LogP) is 16.5. The van der Waals surface area contributed by atoms with Crippen molar-refractivity contribution in [2.24, 2.45) is 0 Å². The van der Waals surface area contributed by atoms with E-state index in [4.69, 9.17) is 0 Å². The molecule has 0 N–H and O–H groups in total. The van der Waals surface area contributed by atoms with E-state index in [-0.39, 0.29) is 0 Å². The summed E-state index contributed by atoms with van der Waals surface area (Å²) in [6.45, 7) is 0. The molecule has 2 heteroatoms. The van der Waals surface area contributed by atoms with Crippen molar-refractivity contribution in [2.45, 2.75) is 15.2 Å². The standard InChI is InChI=1S/C62H37NS/c63-38-39-26-30-48-47-19-9-10-23-54(47)62(56(48)34-39)55-24-11-12-25-58(55)64-59-33-29-44(37-57(59)62)43-28-32-52-53(36-43)60(41-16-5-2-6-17-41)50-20-7-8-21-51(50)61(52)49-22-13-18-45-35-42(27-31-46(45)49)40-14-3-1-4-15-40/h1-37H. The summed E-state index contributed by atoms with van der Waals surface area (Å²) >= 11 is 1.85. The fourth-order valence-corrected chi connectivity index (χ4v) is 12.2. The summed E-state index contributed by atoms with van der Waals surface area (Å²) in [7, 11) is 0. The molecule has 1 aliphatic carbocycles. The summed E-state index contributed by atoms with van der Waals surface area (Å²) in [5.41, 5.74) is 17.1. The lowest BCUT2D eigenvalue weighted by Gasteiger charge is -2.40. The molecule has 0 saturated heterocycles. The Kier molecular flexibility index (Phi) is 8.19. The van der Waals surface area contributed by atoms with Crippen LogP contribution in [-0.2, 0) is 5.41 Å². The normalized spacial score (nSPS) is 14.5. The number of hydrogen-bond donors (Lipinski definition) is 0. The summed E-state index contributed by atoms with van der Waals surface area (Å²) in [5, 5.41) is 17.6. The van der Waals surface area contributed by atoms with Crippen LogP contribution in [-0.4, -0.2) is 0 Å². The minimum Gasteiger partial charge on any atom is -0.192 e. The van der Waals surface area contributed by atoms with Crippen LogP contribution < -0.4 is 0 Å². The molecule has 1 spiro atoms. The van der Waals surface area contributed by atoms with Gasteiger partial charge in [0.25, 0.3) is 0 Å². The van der Waals surface area contributed by atoms with E-state index >= 15 is 0 Å². The third kappa shape index (κ3) is 5.32. The summed E-state index contributed by atoms with van der Waals surface area (Å²) < 4.78 is 0. The van der Waals surface area contributed by atoms with Gasteiger partial charge in [-0.15, -0.1) is 0 Å². The average molecular weight is 828 g/mol. The molecule has 64 heavy (non-hydrogen) atoms. The van der Waals surface area contributed by atoms with Gasteiger partial charge in [-0.05, 0) is 153 Å². The third-order valence-corrected chi connectivity index (χ3v) is 14.9. The second-order valence-electron chi connectivity index (χ2n) is 17.0. The Morgan fingerprint density at radius 2 is 0.922 bits per heavy atom. The first-order valence-electron chi connectivity index (χ1n) is 21.9. The molecular formula is C62H37NS. The number of nitrogens with zero attached hydrogens (tertiary/aromatic N) is 1. The lowest BCUT2D eigenvalue weighted by atomic mass is 9.67. The molecule has 0 fully saturated rings. The van der Waals surface area contributed by atoms with Gasteiger partial charge in [0.15, 0.2) is 0 Å². The highest BCUT2D eigenvalue weighted by molar-refractivity contribution is 7.99. The van der Waals surface area contributed by atoms with E-state index < -0.39 is 5.41 Å². The molecule has 0 radical (unpaired) electrons. The number of nitriles is 1. The van der Waals surface area contributed by atoms with Crippen molar-refractivity contribution in [2.75, 3.05) is 0 Å². The van der Waals surface area contributed by atoms with Crippen LogP contribution in [0.2, 0.25) is 0 Å². The highest BCUT2D eigenvalue weighted by atomic mass is 32.2. The molecule has 2 aliphatic rings. The number of hydrogen-bond acceptors (Lipinski definition) is 2. The Morgan fingerprint density at radius 3 is 1.73 bits per heavy atom. The van der Waals surface area contributed by atoms with Crippen molar-refractivity contribution in [3.05, 3.63) is 252 Å². The maximum atomic E-state index is 10.3. The monoisotopic (exact) mass is 827 g/mol. The van der Waals surface area contributed by atoms with Crippen LogP contribution in [0.25, 0.3) is 88.0 Å². The molecule has 0 saturated carbocycles. The largest absolute Gasteiger partial charge is 0.192 e. The summed E-state index contributed by atoms with van der Waals surface area (Å²) in [6.07, 6.45) is 0. The lowest BCUT2D eigenvalue weighted by molar-refractivity contribution is 0.722. The molecule has 0 aromatic heterocycles. The van der Waals surface area contributed by atoms with Gasteiger partial charge in [-0.25, -0.2) is 0 Å². The average Bonchev–Trinajstić information content (AvgIpc) is 3.65. The van der Waals surface area contributed by atoms with E-state index in [2.05, 4.69) is 224 Å². The topological polar surface area (TPSA) is 23.8 Å². The van der Waals surface area contributed by atoms with E-state index in [1.807, 2.05) is 17.8 Å². The smallest absolute Gasteiger partial charge is 0.0991 e. The van der Waals surface area contributed by atoms with Gasteiger partial charge in [0.2, 0.25) is 0 Å². The van der Waals surface area contributed by atoms with E-state index in [1.165, 1.54) is 109 Å². The van der Waals surface area contributed by atoms with Crippen LogP contribution in [0, 0.1) is 11.3 Å². The number of rotatable bonds is 4. The maximum Gasteiger partial charge on any atom is 0.0991 e. The van der Waals surface area contributed by atoms with E-state index in [1.54, 1.807) is 0 Å². The molecule has 1 nitrogen and oxygen atoms in total. The van der Waals surface area contributed by atoms with E-state index in [0.29, 0.717) is 5.56 Å². The van der Waals surface area contributed by atoms with Gasteiger partial charge in [0.1, 0.15) is 0 Å². The van der Waals surface area contributed by atoms with Crippen LogP contribution in [0.1, 0.15) is 27.8 Å². The molecule has 1 heterocycles. The zero-order chi connectivity index (χ0) is 42.4. The fraction of sp³-hybridized carbons (Fsp3) is 0.0161. The Hall–Kier alpha value is -7.96. The zero-order valence-electron chi connectivity index (χ0n) is 34.7. The highest BCUT2D eigenvalue weighted by Gasteiger charge is 2.50. The van der Waals surface area contributed by atoms with Crippen molar-refractivity contribution >= 4 is 44.1 Å². The van der Waals surface area contributed by atoms with Crippen LogP contribution in [0.5, 0.6) is 0 Å². The minimum absolute atomic E-state index is 0.587. The van der Waals surface area contributed by atoms with Gasteiger partial charge < -0.3 is 0 Å². The molecule has 0 bridgehead atoms. The van der Waals surface area contributed by atoms with Gasteiger partial charge in [-0.1, -0.05) is 194 Å². The molecule has 1 unspecified atom stereocenters. The molecule has 296 valence electrons. The Bertz CT molecular complexity index is 3770. The van der Waals surface area contributed by atoms with E-state index in [0.717, 1.165) is 11.1 Å². The first-order valence-corrected chi connectivity index (χ1v) is 22.7. The van der Waals surface area contributed by atoms with Crippen molar-refractivity contribution in [3.63, 3.8) is 0 Å². The van der Waals surface area contributed by atoms with Crippen molar-refractivity contribution < 1.29 is 0 Å². The second kappa shape index (κ2) is 14.3. The second-order valence-corrected chi connectivity index (χ2v) is 18.1. The van der Waals surface area contributed by atoms with Crippen LogP contribution in [0.15, 0.2) is 234 Å². The predicted molar refractivity (Wildman–Crippen MR) is 267 cm³/mol. The Labute approximate surface area is 376 Å². The number of fused-ring (bicyclic) bond motifs is 12. The fourth-order valence-electron chi connectivity index (χ4n) is 11.0. The van der Waals surface area contributed by atoms with E-state index in [9.17, 15) is 5.26 Å². The first-order chi connectivity index (χ1) is 31.7. The Morgan fingerprint density at radius 1 is 0.328 bits per heavy atom. The highest BCUT2D eigenvalue weighted by Crippen LogP contribution is 2.62. The molecule has 1 atom stereocenters. The summed E-state index contributed by atoms with van der Waals surface area (Å²) in [4.78, 5) is 2.48. The van der Waals surface area contributed by atoms with Crippen LogP contribution >= 0.6 is 11.8 Å². The van der Waals surface area contributed by atoms with Crippen molar-refractivity contribution in [3.8, 4) is 61.7 Å². The van der Waals surface area contributed by atoms with Gasteiger partial charge >= 0.3 is 0 Å². The SMILES string of the molecule is N#Cc1ccc2c(c1)C1(c3ccccc3Sc3ccc(-c4ccc5c(-c6cccc7cc(-c8ccccc8)ccc67)c6ccccc6c(-c6ccccc6)c5c4)cc31)c1ccccc1-2. The van der Waals surface area contributed by atoms with Gasteiger partial charge in [-0.2, -0.15) is 5.26 Å². The quantitative estimate of drug-likeness (QED) is 0.165. The van der Waals surface area contributed by atoms with Gasteiger partial charge in [0.05, 0.1) is 17.0 Å². The minimum atomic E-state index is -0.587. The van der Waals surface area contributed by atoms with Crippen molar-refractivity contribution in [1.82, 2.24) is 0 Å². The third-order valence-electron chi connectivity index (χ3n) is 13.7. The van der Waals surface area contributed by atoms with Crippen LogP contribution in [0.4, 0.5) is 0 Å². The van der Waals surface area contributed by atoms with Gasteiger partial charge in [0, 0.05) is 9.79 Å². The van der Waals surface area contributed by atoms with Crippen LogP contribution in [0.3, 0.4) is 0 Å². The summed E-state index contributed by atoms with van der Waals surface area (Å²) in [5.74, 6) is 0. The number of benzene rings is 11. The van der Waals surface area contributed by atoms with Crippen molar-refractivity contribution in [1.29, 1.82) is 5.26 Å². The maximum absolute atomic E-state index is 10.3.